The van der Waals surface area contributed by atoms with Gasteiger partial charge in [-0.3, -0.25) is 9.69 Å². The Labute approximate surface area is 152 Å². The molecule has 2 atom stereocenters. The van der Waals surface area contributed by atoms with Crippen LogP contribution in [0, 0.1) is 0 Å². The molecule has 1 aromatic carbocycles. The van der Waals surface area contributed by atoms with E-state index in [1.807, 2.05) is 35.2 Å². The van der Waals surface area contributed by atoms with Gasteiger partial charge in [-0.15, -0.1) is 0 Å². The lowest BCUT2D eigenvalue weighted by atomic mass is 10.1. The summed E-state index contributed by atoms with van der Waals surface area (Å²) in [7, 11) is 4.21. The Morgan fingerprint density at radius 3 is 2.40 bits per heavy atom. The van der Waals surface area contributed by atoms with Crippen molar-refractivity contribution in [1.82, 2.24) is 14.7 Å². The number of piperazine rings is 1. The van der Waals surface area contributed by atoms with Gasteiger partial charge in [0.05, 0.1) is 6.61 Å². The molecule has 0 bridgehead atoms. The lowest BCUT2D eigenvalue weighted by molar-refractivity contribution is -0.135. The van der Waals surface area contributed by atoms with E-state index in [1.165, 1.54) is 0 Å². The number of hydrogen-bond donors (Lipinski definition) is 0. The summed E-state index contributed by atoms with van der Waals surface area (Å²) in [5.74, 6) is 1.12. The Balaban J connectivity index is 1.71. The summed E-state index contributed by atoms with van der Waals surface area (Å²) < 4.78 is 5.67. The molecule has 1 aliphatic rings. The number of amides is 1. The molecule has 1 aliphatic heterocycles. The van der Waals surface area contributed by atoms with Crippen molar-refractivity contribution in [3.8, 4) is 5.75 Å². The van der Waals surface area contributed by atoms with Gasteiger partial charge in [0.1, 0.15) is 5.75 Å². The molecule has 2 unspecified atom stereocenters. The molecule has 25 heavy (non-hydrogen) atoms. The van der Waals surface area contributed by atoms with Crippen LogP contribution < -0.4 is 4.74 Å². The number of carbonyl (C=O) groups excluding carboxylic acids is 1. The molecule has 0 aromatic heterocycles. The molecular weight excluding hydrogens is 314 g/mol. The standard InChI is InChI=1S/C20H33N3O2/c1-17-15-22(16-18(2)23(17)13-12-21(3)4)20(24)11-8-14-25-19-9-6-5-7-10-19/h5-7,9-10,17-18H,8,11-16H2,1-4H3. The second-order valence-electron chi connectivity index (χ2n) is 7.30. The van der Waals surface area contributed by atoms with E-state index < -0.39 is 0 Å². The molecule has 1 fully saturated rings. The largest absolute Gasteiger partial charge is 0.494 e. The van der Waals surface area contributed by atoms with Gasteiger partial charge in [0.2, 0.25) is 5.91 Å². The normalized spacial score (nSPS) is 21.6. The molecule has 5 nitrogen and oxygen atoms in total. The molecule has 0 aliphatic carbocycles. The van der Waals surface area contributed by atoms with Crippen LogP contribution in [0.3, 0.4) is 0 Å². The van der Waals surface area contributed by atoms with Gasteiger partial charge in [0, 0.05) is 44.7 Å². The zero-order chi connectivity index (χ0) is 18.2. The molecule has 0 saturated carbocycles. The molecule has 0 spiro atoms. The first-order valence-corrected chi connectivity index (χ1v) is 9.33. The predicted molar refractivity (Wildman–Crippen MR) is 102 cm³/mol. The van der Waals surface area contributed by atoms with Crippen LogP contribution in [-0.2, 0) is 4.79 Å². The molecule has 1 heterocycles. The maximum atomic E-state index is 12.5. The first-order valence-electron chi connectivity index (χ1n) is 9.33. The number of benzene rings is 1. The summed E-state index contributed by atoms with van der Waals surface area (Å²) in [4.78, 5) is 19.3. The van der Waals surface area contributed by atoms with Crippen LogP contribution in [0.15, 0.2) is 30.3 Å². The SMILES string of the molecule is CC1CN(C(=O)CCCOc2ccccc2)CC(C)N1CCN(C)C. The van der Waals surface area contributed by atoms with Gasteiger partial charge >= 0.3 is 0 Å². The third-order valence-corrected chi connectivity index (χ3v) is 4.81. The summed E-state index contributed by atoms with van der Waals surface area (Å²) >= 11 is 0. The minimum absolute atomic E-state index is 0.252. The first kappa shape index (κ1) is 19.7. The fraction of sp³-hybridized carbons (Fsp3) is 0.650. The predicted octanol–water partition coefficient (Wildman–Crippen LogP) is 2.33. The second kappa shape index (κ2) is 9.78. The number of likely N-dealkylation sites (N-methyl/N-ethyl adjacent to an activating group) is 1. The fourth-order valence-corrected chi connectivity index (χ4v) is 3.40. The minimum atomic E-state index is 0.252. The minimum Gasteiger partial charge on any atom is -0.494 e. The van der Waals surface area contributed by atoms with Crippen molar-refractivity contribution in [3.05, 3.63) is 30.3 Å². The molecule has 1 saturated heterocycles. The zero-order valence-corrected chi connectivity index (χ0v) is 16.1. The molecule has 140 valence electrons. The van der Waals surface area contributed by atoms with Crippen LogP contribution in [0.2, 0.25) is 0 Å². The average molecular weight is 348 g/mol. The van der Waals surface area contributed by atoms with Crippen molar-refractivity contribution in [3.63, 3.8) is 0 Å². The smallest absolute Gasteiger partial charge is 0.222 e. The summed E-state index contributed by atoms with van der Waals surface area (Å²) in [5, 5.41) is 0. The topological polar surface area (TPSA) is 36.0 Å². The van der Waals surface area contributed by atoms with E-state index in [-0.39, 0.29) is 5.91 Å². The average Bonchev–Trinajstić information content (AvgIpc) is 2.58. The van der Waals surface area contributed by atoms with Crippen LogP contribution in [0.1, 0.15) is 26.7 Å². The number of carbonyl (C=O) groups is 1. The van der Waals surface area contributed by atoms with Crippen molar-refractivity contribution in [2.75, 3.05) is 46.9 Å². The van der Waals surface area contributed by atoms with E-state index in [0.717, 1.165) is 38.3 Å². The van der Waals surface area contributed by atoms with Crippen LogP contribution >= 0.6 is 0 Å². The highest BCUT2D eigenvalue weighted by atomic mass is 16.5. The third kappa shape index (κ3) is 6.33. The van der Waals surface area contributed by atoms with E-state index in [0.29, 0.717) is 25.1 Å². The maximum Gasteiger partial charge on any atom is 0.222 e. The second-order valence-corrected chi connectivity index (χ2v) is 7.30. The van der Waals surface area contributed by atoms with Crippen molar-refractivity contribution in [2.24, 2.45) is 0 Å². The highest BCUT2D eigenvalue weighted by Crippen LogP contribution is 2.17. The quantitative estimate of drug-likeness (QED) is 0.676. The molecule has 0 N–H and O–H groups in total. The summed E-state index contributed by atoms with van der Waals surface area (Å²) in [6.07, 6.45) is 1.32. The summed E-state index contributed by atoms with van der Waals surface area (Å²) in [5.41, 5.74) is 0. The lowest BCUT2D eigenvalue weighted by Crippen LogP contribution is -2.59. The van der Waals surface area contributed by atoms with Gasteiger partial charge in [-0.2, -0.15) is 0 Å². The highest BCUT2D eigenvalue weighted by molar-refractivity contribution is 5.76. The van der Waals surface area contributed by atoms with E-state index in [2.05, 4.69) is 37.7 Å². The fourth-order valence-electron chi connectivity index (χ4n) is 3.40. The number of rotatable bonds is 8. The van der Waals surface area contributed by atoms with Crippen molar-refractivity contribution < 1.29 is 9.53 Å². The number of nitrogens with zero attached hydrogens (tertiary/aromatic N) is 3. The Kier molecular flexibility index (Phi) is 7.72. The Morgan fingerprint density at radius 1 is 1.16 bits per heavy atom. The third-order valence-electron chi connectivity index (χ3n) is 4.81. The molecule has 2 rings (SSSR count). The maximum absolute atomic E-state index is 12.5. The number of hydrogen-bond acceptors (Lipinski definition) is 4. The lowest BCUT2D eigenvalue weighted by Gasteiger charge is -2.44. The molecular formula is C20H33N3O2. The molecule has 1 aromatic rings. The van der Waals surface area contributed by atoms with Gasteiger partial charge in [-0.25, -0.2) is 0 Å². The monoisotopic (exact) mass is 347 g/mol. The van der Waals surface area contributed by atoms with Gasteiger partial charge in [-0.1, -0.05) is 18.2 Å². The molecule has 5 heteroatoms. The van der Waals surface area contributed by atoms with E-state index in [9.17, 15) is 4.79 Å². The van der Waals surface area contributed by atoms with Crippen LogP contribution in [0.25, 0.3) is 0 Å². The molecule has 1 amide bonds. The number of ether oxygens (including phenoxy) is 1. The van der Waals surface area contributed by atoms with Gasteiger partial charge in [0.15, 0.2) is 0 Å². The van der Waals surface area contributed by atoms with Crippen molar-refractivity contribution in [2.45, 2.75) is 38.8 Å². The van der Waals surface area contributed by atoms with Crippen LogP contribution in [0.4, 0.5) is 0 Å². The zero-order valence-electron chi connectivity index (χ0n) is 16.1. The van der Waals surface area contributed by atoms with Crippen LogP contribution in [-0.4, -0.2) is 79.6 Å². The summed E-state index contributed by atoms with van der Waals surface area (Å²) in [6, 6.07) is 10.6. The van der Waals surface area contributed by atoms with Gasteiger partial charge in [-0.05, 0) is 46.5 Å². The van der Waals surface area contributed by atoms with Crippen molar-refractivity contribution in [1.29, 1.82) is 0 Å². The Bertz CT molecular complexity index is 509. The highest BCUT2D eigenvalue weighted by Gasteiger charge is 2.31. The van der Waals surface area contributed by atoms with E-state index in [1.54, 1.807) is 0 Å². The molecule has 0 radical (unpaired) electrons. The van der Waals surface area contributed by atoms with Crippen molar-refractivity contribution >= 4 is 5.91 Å². The van der Waals surface area contributed by atoms with E-state index in [4.69, 9.17) is 4.74 Å². The summed E-state index contributed by atoms with van der Waals surface area (Å²) in [6.45, 7) is 8.81. The Morgan fingerprint density at radius 2 is 1.80 bits per heavy atom. The van der Waals surface area contributed by atoms with E-state index >= 15 is 0 Å². The van der Waals surface area contributed by atoms with Crippen LogP contribution in [0.5, 0.6) is 5.75 Å². The Hall–Kier alpha value is -1.59. The van der Waals surface area contributed by atoms with Gasteiger partial charge in [0.25, 0.3) is 0 Å². The van der Waals surface area contributed by atoms with Gasteiger partial charge < -0.3 is 14.5 Å². The first-order chi connectivity index (χ1) is 12.0. The number of para-hydroxylation sites is 1.